The Labute approximate surface area is 136 Å². The van der Waals surface area contributed by atoms with Crippen LogP contribution in [0, 0.1) is 0 Å². The van der Waals surface area contributed by atoms with Crippen LogP contribution in [0.2, 0.25) is 0 Å². The molecule has 0 amide bonds. The van der Waals surface area contributed by atoms with Crippen molar-refractivity contribution in [3.05, 3.63) is 6.33 Å². The van der Waals surface area contributed by atoms with E-state index >= 15 is 0 Å². The Hall–Kier alpha value is -1.89. The molecule has 23 heavy (non-hydrogen) atoms. The van der Waals surface area contributed by atoms with E-state index in [1.807, 2.05) is 11.5 Å². The summed E-state index contributed by atoms with van der Waals surface area (Å²) in [6.45, 7) is 4.96. The molecule has 2 aromatic rings. The number of aromatic nitrogens is 4. The number of ether oxygens (including phenoxy) is 2. The topological polar surface area (TPSA) is 88.1 Å². The van der Waals surface area contributed by atoms with Gasteiger partial charge in [0, 0.05) is 6.61 Å². The predicted molar refractivity (Wildman–Crippen MR) is 88.2 cm³/mol. The Kier molecular flexibility index (Phi) is 4.95. The standard InChI is InChI=1S/C16H25N5O2/c1-3-4-7-11(2)23-16-19-14(17)13-15(20-16)21(10-18-13)12-8-5-6-9-22-12/h10-12H,3-9H2,1-2H3,(H2,17,19,20). The summed E-state index contributed by atoms with van der Waals surface area (Å²) < 4.78 is 13.6. The number of unbranched alkanes of at least 4 members (excludes halogenated alkanes) is 1. The van der Waals surface area contributed by atoms with Gasteiger partial charge in [-0.3, -0.25) is 4.57 Å². The molecule has 3 heterocycles. The molecule has 3 rings (SSSR count). The summed E-state index contributed by atoms with van der Waals surface area (Å²) in [5.41, 5.74) is 7.31. The van der Waals surface area contributed by atoms with Gasteiger partial charge in [0.05, 0.1) is 12.4 Å². The average Bonchev–Trinajstić information content (AvgIpc) is 2.98. The molecule has 2 N–H and O–H groups in total. The van der Waals surface area contributed by atoms with Gasteiger partial charge in [0.2, 0.25) is 0 Å². The van der Waals surface area contributed by atoms with Crippen molar-refractivity contribution in [2.75, 3.05) is 12.3 Å². The molecule has 126 valence electrons. The first-order valence-corrected chi connectivity index (χ1v) is 8.47. The lowest BCUT2D eigenvalue weighted by atomic mass is 10.2. The average molecular weight is 319 g/mol. The van der Waals surface area contributed by atoms with Crippen LogP contribution in [0.25, 0.3) is 11.2 Å². The van der Waals surface area contributed by atoms with Crippen molar-refractivity contribution in [1.29, 1.82) is 0 Å². The molecule has 0 spiro atoms. The number of rotatable bonds is 6. The van der Waals surface area contributed by atoms with Crippen molar-refractivity contribution in [3.63, 3.8) is 0 Å². The molecule has 7 heteroatoms. The monoisotopic (exact) mass is 319 g/mol. The molecule has 0 aliphatic carbocycles. The van der Waals surface area contributed by atoms with E-state index in [1.54, 1.807) is 6.33 Å². The predicted octanol–water partition coefficient (Wildman–Crippen LogP) is 3.07. The van der Waals surface area contributed by atoms with E-state index in [0.717, 1.165) is 45.1 Å². The maximum absolute atomic E-state index is 6.03. The zero-order valence-electron chi connectivity index (χ0n) is 13.9. The van der Waals surface area contributed by atoms with Crippen LogP contribution in [0.3, 0.4) is 0 Å². The first-order valence-electron chi connectivity index (χ1n) is 8.47. The molecule has 0 aromatic carbocycles. The van der Waals surface area contributed by atoms with Crippen molar-refractivity contribution in [3.8, 4) is 6.01 Å². The number of nitrogens with zero attached hydrogens (tertiary/aromatic N) is 4. The van der Waals surface area contributed by atoms with Gasteiger partial charge in [-0.1, -0.05) is 19.8 Å². The second-order valence-corrected chi connectivity index (χ2v) is 6.11. The van der Waals surface area contributed by atoms with Crippen molar-refractivity contribution in [2.24, 2.45) is 0 Å². The first-order chi connectivity index (χ1) is 11.2. The fourth-order valence-corrected chi connectivity index (χ4v) is 2.85. The van der Waals surface area contributed by atoms with E-state index < -0.39 is 0 Å². The van der Waals surface area contributed by atoms with E-state index in [-0.39, 0.29) is 12.3 Å². The van der Waals surface area contributed by atoms with E-state index in [0.29, 0.717) is 23.0 Å². The summed E-state index contributed by atoms with van der Waals surface area (Å²) in [5.74, 6) is 0.349. The normalized spacial score (nSPS) is 19.8. The second kappa shape index (κ2) is 7.12. The van der Waals surface area contributed by atoms with Crippen LogP contribution in [-0.4, -0.2) is 32.2 Å². The van der Waals surface area contributed by atoms with Gasteiger partial charge in [-0.2, -0.15) is 9.97 Å². The molecule has 2 atom stereocenters. The minimum absolute atomic E-state index is 0.0339. The van der Waals surface area contributed by atoms with Crippen molar-refractivity contribution < 1.29 is 9.47 Å². The highest BCUT2D eigenvalue weighted by molar-refractivity contribution is 5.81. The first kappa shape index (κ1) is 16.0. The van der Waals surface area contributed by atoms with E-state index in [2.05, 4.69) is 21.9 Å². The molecule has 0 radical (unpaired) electrons. The van der Waals surface area contributed by atoms with Crippen molar-refractivity contribution >= 4 is 17.0 Å². The number of nitrogens with two attached hydrogens (primary N) is 1. The molecule has 0 saturated carbocycles. The molecule has 1 saturated heterocycles. The lowest BCUT2D eigenvalue weighted by Gasteiger charge is -2.23. The maximum Gasteiger partial charge on any atom is 0.320 e. The van der Waals surface area contributed by atoms with E-state index in [4.69, 9.17) is 15.2 Å². The third-order valence-electron chi connectivity index (χ3n) is 4.16. The number of hydrogen-bond donors (Lipinski definition) is 1. The molecule has 2 unspecified atom stereocenters. The van der Waals surface area contributed by atoms with Crippen LogP contribution in [0.15, 0.2) is 6.33 Å². The highest BCUT2D eigenvalue weighted by atomic mass is 16.5. The molecule has 0 bridgehead atoms. The Morgan fingerprint density at radius 1 is 1.43 bits per heavy atom. The summed E-state index contributed by atoms with van der Waals surface area (Å²) >= 11 is 0. The van der Waals surface area contributed by atoms with Gasteiger partial charge in [0.15, 0.2) is 17.0 Å². The number of imidazole rings is 1. The summed E-state index contributed by atoms with van der Waals surface area (Å²) in [6.07, 6.45) is 8.19. The molecule has 1 aliphatic heterocycles. The second-order valence-electron chi connectivity index (χ2n) is 6.11. The summed E-state index contributed by atoms with van der Waals surface area (Å²) in [7, 11) is 0. The van der Waals surface area contributed by atoms with Gasteiger partial charge in [-0.15, -0.1) is 0 Å². The zero-order valence-corrected chi connectivity index (χ0v) is 13.9. The number of hydrogen-bond acceptors (Lipinski definition) is 6. The quantitative estimate of drug-likeness (QED) is 0.880. The van der Waals surface area contributed by atoms with Crippen LogP contribution in [0.4, 0.5) is 5.82 Å². The molecule has 7 nitrogen and oxygen atoms in total. The SMILES string of the molecule is CCCCC(C)Oc1nc(N)c2ncn(C3CCCCO3)c2n1. The minimum Gasteiger partial charge on any atom is -0.460 e. The number of nitrogen functional groups attached to an aromatic ring is 1. The van der Waals surface area contributed by atoms with Crippen molar-refractivity contribution in [2.45, 2.75) is 64.7 Å². The van der Waals surface area contributed by atoms with Gasteiger partial charge in [-0.05, 0) is 32.6 Å². The summed E-state index contributed by atoms with van der Waals surface area (Å²) in [4.78, 5) is 13.1. The van der Waals surface area contributed by atoms with E-state index in [9.17, 15) is 0 Å². The lowest BCUT2D eigenvalue weighted by Crippen LogP contribution is -2.18. The molecule has 1 aliphatic rings. The fourth-order valence-electron chi connectivity index (χ4n) is 2.85. The third-order valence-corrected chi connectivity index (χ3v) is 4.16. The van der Waals surface area contributed by atoms with Crippen LogP contribution >= 0.6 is 0 Å². The largest absolute Gasteiger partial charge is 0.460 e. The lowest BCUT2D eigenvalue weighted by molar-refractivity contribution is -0.0298. The third kappa shape index (κ3) is 3.55. The highest BCUT2D eigenvalue weighted by Gasteiger charge is 2.21. The smallest absolute Gasteiger partial charge is 0.320 e. The van der Waals surface area contributed by atoms with Crippen LogP contribution < -0.4 is 10.5 Å². The van der Waals surface area contributed by atoms with Gasteiger partial charge >= 0.3 is 6.01 Å². The fraction of sp³-hybridized carbons (Fsp3) is 0.688. The minimum atomic E-state index is -0.0339. The van der Waals surface area contributed by atoms with Gasteiger partial charge in [0.1, 0.15) is 6.23 Å². The van der Waals surface area contributed by atoms with Gasteiger partial charge in [0.25, 0.3) is 0 Å². The zero-order chi connectivity index (χ0) is 16.2. The molecule has 2 aromatic heterocycles. The van der Waals surface area contributed by atoms with Gasteiger partial charge in [-0.25, -0.2) is 4.98 Å². The molecule has 1 fully saturated rings. The summed E-state index contributed by atoms with van der Waals surface area (Å²) in [5, 5.41) is 0. The summed E-state index contributed by atoms with van der Waals surface area (Å²) in [6, 6.07) is 0.316. The van der Waals surface area contributed by atoms with Crippen LogP contribution in [0.5, 0.6) is 6.01 Å². The van der Waals surface area contributed by atoms with Crippen molar-refractivity contribution in [1.82, 2.24) is 19.5 Å². The van der Waals surface area contributed by atoms with E-state index in [1.165, 1.54) is 0 Å². The highest BCUT2D eigenvalue weighted by Crippen LogP contribution is 2.28. The Balaban J connectivity index is 1.86. The van der Waals surface area contributed by atoms with Crippen LogP contribution in [0.1, 0.15) is 58.6 Å². The Bertz CT molecular complexity index is 651. The van der Waals surface area contributed by atoms with Crippen LogP contribution in [-0.2, 0) is 4.74 Å². The molecular weight excluding hydrogens is 294 g/mol. The molecular formula is C16H25N5O2. The number of fused-ring (bicyclic) bond motifs is 1. The Morgan fingerprint density at radius 3 is 3.04 bits per heavy atom. The van der Waals surface area contributed by atoms with Gasteiger partial charge < -0.3 is 15.2 Å². The maximum atomic E-state index is 6.03. The number of anilines is 1. The Morgan fingerprint density at radius 2 is 2.30 bits per heavy atom.